The van der Waals surface area contributed by atoms with Gasteiger partial charge in [0.1, 0.15) is 0 Å². The molecule has 0 aromatic carbocycles. The maximum absolute atomic E-state index is 12.1. The van der Waals surface area contributed by atoms with Crippen LogP contribution in [-0.4, -0.2) is 5.78 Å². The predicted octanol–water partition coefficient (Wildman–Crippen LogP) is 4.05. The highest BCUT2D eigenvalue weighted by atomic mass is 16.1. The highest BCUT2D eigenvalue weighted by molar-refractivity contribution is 6.06. The number of carbonyl (C=O) groups excluding carboxylic acids is 1. The molecule has 0 bridgehead atoms. The minimum absolute atomic E-state index is 0.147. The summed E-state index contributed by atoms with van der Waals surface area (Å²) in [6, 6.07) is 0. The maximum atomic E-state index is 12.1. The number of ketones is 1. The molecule has 0 spiro atoms. The van der Waals surface area contributed by atoms with Crippen LogP contribution in [0.2, 0.25) is 0 Å². The molecular weight excluding hydrogens is 196 g/mol. The SMILES string of the molecule is CC(C)CC1=CC(=O)C2=CCCCC2(C)C1. The molecule has 2 aliphatic rings. The average molecular weight is 218 g/mol. The highest BCUT2D eigenvalue weighted by Gasteiger charge is 2.37. The fourth-order valence-corrected chi connectivity index (χ4v) is 3.17. The molecular formula is C15H22O. The molecule has 88 valence electrons. The summed E-state index contributed by atoms with van der Waals surface area (Å²) in [4.78, 5) is 12.1. The zero-order chi connectivity index (χ0) is 11.8. The summed E-state index contributed by atoms with van der Waals surface area (Å²) >= 11 is 0. The normalized spacial score (nSPS) is 29.9. The molecule has 0 heterocycles. The van der Waals surface area contributed by atoms with E-state index < -0.39 is 0 Å². The third-order valence-corrected chi connectivity index (χ3v) is 3.82. The zero-order valence-electron chi connectivity index (χ0n) is 10.7. The van der Waals surface area contributed by atoms with Crippen LogP contribution in [-0.2, 0) is 4.79 Å². The second-order valence-corrected chi connectivity index (χ2v) is 6.01. The van der Waals surface area contributed by atoms with Crippen molar-refractivity contribution in [2.24, 2.45) is 11.3 Å². The Morgan fingerprint density at radius 1 is 1.44 bits per heavy atom. The highest BCUT2D eigenvalue weighted by Crippen LogP contribution is 2.46. The quantitative estimate of drug-likeness (QED) is 0.683. The van der Waals surface area contributed by atoms with Crippen LogP contribution in [0.4, 0.5) is 0 Å². The van der Waals surface area contributed by atoms with Crippen LogP contribution in [0.15, 0.2) is 23.3 Å². The van der Waals surface area contributed by atoms with Gasteiger partial charge in [-0.2, -0.15) is 0 Å². The first-order valence-corrected chi connectivity index (χ1v) is 6.46. The van der Waals surface area contributed by atoms with E-state index in [2.05, 4.69) is 26.8 Å². The molecule has 0 fully saturated rings. The molecule has 0 aliphatic heterocycles. The van der Waals surface area contributed by atoms with Gasteiger partial charge in [0.2, 0.25) is 0 Å². The Kier molecular flexibility index (Phi) is 3.05. The van der Waals surface area contributed by atoms with E-state index in [1.807, 2.05) is 6.08 Å². The van der Waals surface area contributed by atoms with Gasteiger partial charge in [-0.3, -0.25) is 4.79 Å². The lowest BCUT2D eigenvalue weighted by atomic mass is 9.65. The van der Waals surface area contributed by atoms with Crippen molar-refractivity contribution >= 4 is 5.78 Å². The van der Waals surface area contributed by atoms with Crippen LogP contribution in [0.25, 0.3) is 0 Å². The van der Waals surface area contributed by atoms with Gasteiger partial charge in [0.15, 0.2) is 5.78 Å². The third kappa shape index (κ3) is 2.14. The van der Waals surface area contributed by atoms with Gasteiger partial charge in [0.25, 0.3) is 0 Å². The maximum Gasteiger partial charge on any atom is 0.182 e. The van der Waals surface area contributed by atoms with Gasteiger partial charge in [-0.25, -0.2) is 0 Å². The second-order valence-electron chi connectivity index (χ2n) is 6.01. The Bertz CT molecular complexity index is 360. The Balaban J connectivity index is 2.27. The van der Waals surface area contributed by atoms with E-state index in [0.717, 1.165) is 24.8 Å². The van der Waals surface area contributed by atoms with Crippen molar-refractivity contribution in [3.63, 3.8) is 0 Å². The van der Waals surface area contributed by atoms with Gasteiger partial charge in [0, 0.05) is 5.57 Å². The van der Waals surface area contributed by atoms with E-state index in [9.17, 15) is 4.79 Å². The Labute approximate surface area is 98.6 Å². The van der Waals surface area contributed by atoms with Crippen LogP contribution >= 0.6 is 0 Å². The summed E-state index contributed by atoms with van der Waals surface area (Å²) in [5.41, 5.74) is 2.60. The van der Waals surface area contributed by atoms with Crippen LogP contribution in [0.5, 0.6) is 0 Å². The summed E-state index contributed by atoms with van der Waals surface area (Å²) in [6.45, 7) is 6.71. The first kappa shape index (κ1) is 11.6. The largest absolute Gasteiger partial charge is 0.290 e. The molecule has 16 heavy (non-hydrogen) atoms. The first-order valence-electron chi connectivity index (χ1n) is 6.46. The Morgan fingerprint density at radius 3 is 2.88 bits per heavy atom. The van der Waals surface area contributed by atoms with Crippen LogP contribution in [0.3, 0.4) is 0 Å². The molecule has 1 heteroatoms. The standard InChI is InChI=1S/C15H22O/c1-11(2)8-12-9-14(16)13-6-4-5-7-15(13,3)10-12/h6,9,11H,4-5,7-8,10H2,1-3H3. The molecule has 0 saturated carbocycles. The Hall–Kier alpha value is -0.850. The summed E-state index contributed by atoms with van der Waals surface area (Å²) in [6.07, 6.45) is 9.76. The molecule has 1 unspecified atom stereocenters. The van der Waals surface area contributed by atoms with Gasteiger partial charge in [-0.1, -0.05) is 32.4 Å². The second kappa shape index (κ2) is 4.20. The number of carbonyl (C=O) groups is 1. The first-order chi connectivity index (χ1) is 7.51. The van der Waals surface area contributed by atoms with Crippen LogP contribution in [0, 0.1) is 11.3 Å². The number of allylic oxidation sites excluding steroid dienone is 4. The van der Waals surface area contributed by atoms with Crippen LogP contribution in [0.1, 0.15) is 52.9 Å². The smallest absolute Gasteiger partial charge is 0.182 e. The topological polar surface area (TPSA) is 17.1 Å². The summed E-state index contributed by atoms with van der Waals surface area (Å²) in [5, 5.41) is 0. The van der Waals surface area contributed by atoms with Gasteiger partial charge in [-0.05, 0) is 49.5 Å². The molecule has 0 aromatic heterocycles. The summed E-state index contributed by atoms with van der Waals surface area (Å²) in [5.74, 6) is 0.931. The van der Waals surface area contributed by atoms with E-state index in [4.69, 9.17) is 0 Å². The van der Waals surface area contributed by atoms with Crippen LogP contribution < -0.4 is 0 Å². The van der Waals surface area contributed by atoms with Gasteiger partial charge in [0.05, 0.1) is 0 Å². The molecule has 0 N–H and O–H groups in total. The molecule has 2 aliphatic carbocycles. The average Bonchev–Trinajstić information content (AvgIpc) is 2.15. The fourth-order valence-electron chi connectivity index (χ4n) is 3.17. The van der Waals surface area contributed by atoms with Crippen molar-refractivity contribution in [2.75, 3.05) is 0 Å². The van der Waals surface area contributed by atoms with E-state index in [1.54, 1.807) is 0 Å². The van der Waals surface area contributed by atoms with Crippen molar-refractivity contribution < 1.29 is 4.79 Å². The number of hydrogen-bond donors (Lipinski definition) is 0. The zero-order valence-corrected chi connectivity index (χ0v) is 10.7. The fraction of sp³-hybridized carbons (Fsp3) is 0.667. The third-order valence-electron chi connectivity index (χ3n) is 3.82. The monoisotopic (exact) mass is 218 g/mol. The number of hydrogen-bond acceptors (Lipinski definition) is 1. The van der Waals surface area contributed by atoms with Gasteiger partial charge < -0.3 is 0 Å². The minimum Gasteiger partial charge on any atom is -0.290 e. The molecule has 1 atom stereocenters. The molecule has 0 aromatic rings. The van der Waals surface area contributed by atoms with E-state index >= 15 is 0 Å². The van der Waals surface area contributed by atoms with Crippen molar-refractivity contribution in [1.29, 1.82) is 0 Å². The lowest BCUT2D eigenvalue weighted by Crippen LogP contribution is -2.31. The molecule has 0 saturated heterocycles. The van der Waals surface area contributed by atoms with Crippen molar-refractivity contribution in [3.05, 3.63) is 23.3 Å². The van der Waals surface area contributed by atoms with E-state index in [0.29, 0.717) is 5.92 Å². The number of rotatable bonds is 2. The van der Waals surface area contributed by atoms with Gasteiger partial charge in [-0.15, -0.1) is 0 Å². The number of fused-ring (bicyclic) bond motifs is 1. The molecule has 1 nitrogen and oxygen atoms in total. The van der Waals surface area contributed by atoms with Crippen molar-refractivity contribution in [2.45, 2.75) is 52.9 Å². The molecule has 0 amide bonds. The van der Waals surface area contributed by atoms with Gasteiger partial charge >= 0.3 is 0 Å². The van der Waals surface area contributed by atoms with Crippen molar-refractivity contribution in [3.8, 4) is 0 Å². The van der Waals surface area contributed by atoms with E-state index in [-0.39, 0.29) is 11.2 Å². The molecule has 0 radical (unpaired) electrons. The minimum atomic E-state index is 0.147. The van der Waals surface area contributed by atoms with E-state index in [1.165, 1.54) is 18.4 Å². The van der Waals surface area contributed by atoms with Crippen molar-refractivity contribution in [1.82, 2.24) is 0 Å². The summed E-state index contributed by atoms with van der Waals surface area (Å²) < 4.78 is 0. The molecule has 2 rings (SSSR count). The predicted molar refractivity (Wildman–Crippen MR) is 67.2 cm³/mol. The Morgan fingerprint density at radius 2 is 2.19 bits per heavy atom. The lowest BCUT2D eigenvalue weighted by molar-refractivity contribution is -0.113. The lowest BCUT2D eigenvalue weighted by Gasteiger charge is -2.38. The summed E-state index contributed by atoms with van der Waals surface area (Å²) in [7, 11) is 0.